The highest BCUT2D eigenvalue weighted by Gasteiger charge is 2.22. The highest BCUT2D eigenvalue weighted by Crippen LogP contribution is 2.24. The van der Waals surface area contributed by atoms with Gasteiger partial charge in [0.05, 0.1) is 17.8 Å². The van der Waals surface area contributed by atoms with Crippen molar-refractivity contribution in [2.24, 2.45) is 4.99 Å². The second-order valence-electron chi connectivity index (χ2n) is 4.25. The van der Waals surface area contributed by atoms with Gasteiger partial charge in [0.2, 0.25) is 0 Å². The summed E-state index contributed by atoms with van der Waals surface area (Å²) >= 11 is 0. The van der Waals surface area contributed by atoms with E-state index in [9.17, 15) is 9.18 Å². The average molecular weight is 235 g/mol. The summed E-state index contributed by atoms with van der Waals surface area (Å²) in [6.07, 6.45) is 0. The predicted octanol–water partition coefficient (Wildman–Crippen LogP) is 1.50. The minimum atomic E-state index is -0.422. The molecular formula is C12H14FN3O. The maximum Gasteiger partial charge on any atom is 0.256 e. The molecule has 17 heavy (non-hydrogen) atoms. The molecule has 4 nitrogen and oxygen atoms in total. The quantitative estimate of drug-likeness (QED) is 0.683. The van der Waals surface area contributed by atoms with Crippen LogP contribution in [0.4, 0.5) is 10.1 Å². The van der Waals surface area contributed by atoms with Crippen molar-refractivity contribution >= 4 is 17.4 Å². The normalized spacial score (nSPS) is 15.2. The molecule has 1 aromatic carbocycles. The van der Waals surface area contributed by atoms with Crippen LogP contribution in [0, 0.1) is 5.82 Å². The maximum absolute atomic E-state index is 13.2. The lowest BCUT2D eigenvalue weighted by Crippen LogP contribution is -2.36. The van der Waals surface area contributed by atoms with Crippen LogP contribution in [0.25, 0.3) is 0 Å². The molecule has 0 N–H and O–H groups in total. The Kier molecular flexibility index (Phi) is 2.83. The van der Waals surface area contributed by atoms with Gasteiger partial charge in [0, 0.05) is 21.1 Å². The van der Waals surface area contributed by atoms with Gasteiger partial charge in [-0.2, -0.15) is 0 Å². The van der Waals surface area contributed by atoms with Gasteiger partial charge in [0.1, 0.15) is 11.7 Å². The number of hydrogen-bond donors (Lipinski definition) is 0. The molecule has 0 aliphatic carbocycles. The van der Waals surface area contributed by atoms with Crippen molar-refractivity contribution in [1.82, 2.24) is 9.80 Å². The second kappa shape index (κ2) is 4.16. The number of amides is 1. The van der Waals surface area contributed by atoms with Crippen molar-refractivity contribution in [3.63, 3.8) is 0 Å². The number of rotatable bonds is 0. The number of likely N-dealkylation sites (N-methyl/N-ethyl adjacent to an activating group) is 2. The van der Waals surface area contributed by atoms with E-state index in [-0.39, 0.29) is 5.91 Å². The number of fused-ring (bicyclic) bond motifs is 1. The molecule has 5 heteroatoms. The van der Waals surface area contributed by atoms with Crippen LogP contribution in [0.5, 0.6) is 0 Å². The van der Waals surface area contributed by atoms with Gasteiger partial charge in [-0.25, -0.2) is 9.38 Å². The first-order chi connectivity index (χ1) is 7.99. The lowest BCUT2D eigenvalue weighted by Gasteiger charge is -2.19. The molecule has 0 atom stereocenters. The van der Waals surface area contributed by atoms with Gasteiger partial charge >= 0.3 is 0 Å². The minimum absolute atomic E-state index is 0.208. The molecule has 90 valence electrons. The summed E-state index contributed by atoms with van der Waals surface area (Å²) in [5, 5.41) is 0. The number of carbonyl (C=O) groups excluding carboxylic acids is 1. The first-order valence-corrected chi connectivity index (χ1v) is 5.29. The molecule has 0 unspecified atom stereocenters. The third-order valence-corrected chi connectivity index (χ3v) is 2.68. The summed E-state index contributed by atoms with van der Waals surface area (Å²) in [6.45, 7) is 0.419. The summed E-state index contributed by atoms with van der Waals surface area (Å²) in [5.41, 5.74) is 0.828. The SMILES string of the molecule is CN(C)C1=Nc2ccc(F)cc2C(=O)N(C)C1. The number of halogens is 1. The molecule has 0 radical (unpaired) electrons. The monoisotopic (exact) mass is 235 g/mol. The first-order valence-electron chi connectivity index (χ1n) is 5.29. The van der Waals surface area contributed by atoms with Crippen molar-refractivity contribution in [3.05, 3.63) is 29.6 Å². The van der Waals surface area contributed by atoms with Crippen LogP contribution in [-0.2, 0) is 0 Å². The molecule has 0 aromatic heterocycles. The minimum Gasteiger partial charge on any atom is -0.365 e. The number of benzene rings is 1. The Labute approximate surface area is 99.4 Å². The molecular weight excluding hydrogens is 221 g/mol. The third-order valence-electron chi connectivity index (χ3n) is 2.68. The zero-order valence-electron chi connectivity index (χ0n) is 10.1. The van der Waals surface area contributed by atoms with E-state index in [2.05, 4.69) is 4.99 Å². The number of aliphatic imine (C=N–C) groups is 1. The number of hydrogen-bond acceptors (Lipinski definition) is 3. The molecule has 0 saturated heterocycles. The molecule has 0 spiro atoms. The predicted molar refractivity (Wildman–Crippen MR) is 64.1 cm³/mol. The molecule has 0 fully saturated rings. The molecule has 1 heterocycles. The van der Waals surface area contributed by atoms with E-state index < -0.39 is 5.82 Å². The van der Waals surface area contributed by atoms with E-state index in [1.165, 1.54) is 23.1 Å². The molecule has 1 aliphatic heterocycles. The molecule has 1 aliphatic rings. The summed E-state index contributed by atoms with van der Waals surface area (Å²) in [5.74, 6) is 0.139. The highest BCUT2D eigenvalue weighted by atomic mass is 19.1. The van der Waals surface area contributed by atoms with Crippen LogP contribution in [0.15, 0.2) is 23.2 Å². The molecule has 1 aromatic rings. The van der Waals surface area contributed by atoms with Crippen molar-refractivity contribution in [3.8, 4) is 0 Å². The summed E-state index contributed by atoms with van der Waals surface area (Å²) in [6, 6.07) is 4.08. The van der Waals surface area contributed by atoms with Crippen LogP contribution >= 0.6 is 0 Å². The third kappa shape index (κ3) is 2.13. The standard InChI is InChI=1S/C12H14FN3O/c1-15(2)11-7-16(3)12(17)9-6-8(13)4-5-10(9)14-11/h4-6H,7H2,1-3H3. The summed E-state index contributed by atoms with van der Waals surface area (Å²) < 4.78 is 13.2. The van der Waals surface area contributed by atoms with Crippen molar-refractivity contribution in [1.29, 1.82) is 0 Å². The van der Waals surface area contributed by atoms with Gasteiger partial charge in [-0.15, -0.1) is 0 Å². The van der Waals surface area contributed by atoms with Gasteiger partial charge in [-0.1, -0.05) is 0 Å². The Morgan fingerprint density at radius 2 is 2.12 bits per heavy atom. The Bertz CT molecular complexity index is 497. The number of carbonyl (C=O) groups is 1. The van der Waals surface area contributed by atoms with Crippen LogP contribution < -0.4 is 0 Å². The Hall–Kier alpha value is -1.91. The fourth-order valence-electron chi connectivity index (χ4n) is 1.68. The largest absolute Gasteiger partial charge is 0.365 e. The maximum atomic E-state index is 13.2. The lowest BCUT2D eigenvalue weighted by atomic mass is 10.1. The van der Waals surface area contributed by atoms with Crippen LogP contribution in [-0.4, -0.2) is 49.2 Å². The summed E-state index contributed by atoms with van der Waals surface area (Å²) in [7, 11) is 5.42. The zero-order valence-corrected chi connectivity index (χ0v) is 10.1. The van der Waals surface area contributed by atoms with E-state index in [1.54, 1.807) is 7.05 Å². The van der Waals surface area contributed by atoms with Crippen molar-refractivity contribution in [2.45, 2.75) is 0 Å². The Balaban J connectivity index is 2.57. The van der Waals surface area contributed by atoms with Gasteiger partial charge in [0.15, 0.2) is 0 Å². The molecule has 2 rings (SSSR count). The van der Waals surface area contributed by atoms with Crippen molar-refractivity contribution in [2.75, 3.05) is 27.7 Å². The summed E-state index contributed by atoms with van der Waals surface area (Å²) in [4.78, 5) is 19.8. The molecule has 0 bridgehead atoms. The van der Waals surface area contributed by atoms with E-state index in [0.717, 1.165) is 5.84 Å². The highest BCUT2D eigenvalue weighted by molar-refractivity contribution is 6.04. The lowest BCUT2D eigenvalue weighted by molar-refractivity contribution is 0.0814. The Morgan fingerprint density at radius 3 is 2.76 bits per heavy atom. The zero-order chi connectivity index (χ0) is 12.6. The Morgan fingerprint density at radius 1 is 1.41 bits per heavy atom. The second-order valence-corrected chi connectivity index (χ2v) is 4.25. The molecule has 0 saturated carbocycles. The first kappa shape index (κ1) is 11.6. The van der Waals surface area contributed by atoms with E-state index in [1.807, 2.05) is 19.0 Å². The number of amidine groups is 1. The molecule has 1 amide bonds. The van der Waals surface area contributed by atoms with Crippen LogP contribution in [0.3, 0.4) is 0 Å². The van der Waals surface area contributed by atoms with E-state index >= 15 is 0 Å². The fraction of sp³-hybridized carbons (Fsp3) is 0.333. The van der Waals surface area contributed by atoms with E-state index in [4.69, 9.17) is 0 Å². The van der Waals surface area contributed by atoms with Crippen molar-refractivity contribution < 1.29 is 9.18 Å². The van der Waals surface area contributed by atoms with Gasteiger partial charge in [0.25, 0.3) is 5.91 Å². The van der Waals surface area contributed by atoms with Crippen LogP contribution in [0.2, 0.25) is 0 Å². The topological polar surface area (TPSA) is 35.9 Å². The fourth-order valence-corrected chi connectivity index (χ4v) is 1.68. The van der Waals surface area contributed by atoms with E-state index in [0.29, 0.717) is 17.8 Å². The average Bonchev–Trinajstić information content (AvgIpc) is 2.39. The smallest absolute Gasteiger partial charge is 0.256 e. The van der Waals surface area contributed by atoms with Gasteiger partial charge < -0.3 is 9.80 Å². The number of nitrogens with zero attached hydrogens (tertiary/aromatic N) is 3. The van der Waals surface area contributed by atoms with Gasteiger partial charge in [-0.05, 0) is 18.2 Å². The van der Waals surface area contributed by atoms with Crippen LogP contribution in [0.1, 0.15) is 10.4 Å². The van der Waals surface area contributed by atoms with Gasteiger partial charge in [-0.3, -0.25) is 4.79 Å².